The van der Waals surface area contributed by atoms with Crippen LogP contribution in [0.25, 0.3) is 10.9 Å². The van der Waals surface area contributed by atoms with Gasteiger partial charge < -0.3 is 10.3 Å². The minimum Gasteiger partial charge on any atom is -0.361 e. The Hall–Kier alpha value is -1.97. The Bertz CT molecular complexity index is 839. The van der Waals surface area contributed by atoms with E-state index < -0.39 is 0 Å². The van der Waals surface area contributed by atoms with E-state index in [1.54, 1.807) is 24.4 Å². The third-order valence-corrected chi connectivity index (χ3v) is 4.05. The summed E-state index contributed by atoms with van der Waals surface area (Å²) < 4.78 is 0. The molecule has 3 aromatic rings. The van der Waals surface area contributed by atoms with Crippen molar-refractivity contribution in [3.8, 4) is 0 Å². The highest BCUT2D eigenvalue weighted by atomic mass is 35.5. The smallest absolute Gasteiger partial charge is 0.257 e. The topological polar surface area (TPSA) is 44.9 Å². The zero-order chi connectivity index (χ0) is 15.0. The summed E-state index contributed by atoms with van der Waals surface area (Å²) in [6.07, 6.45) is 1.80. The van der Waals surface area contributed by atoms with Gasteiger partial charge in [0.05, 0.1) is 21.8 Å². The number of amides is 1. The minimum absolute atomic E-state index is 0.232. The zero-order valence-corrected chi connectivity index (χ0v) is 12.7. The average molecular weight is 319 g/mol. The number of hydrogen-bond acceptors (Lipinski definition) is 1. The van der Waals surface area contributed by atoms with Crippen molar-refractivity contribution in [1.82, 2.24) is 4.98 Å². The van der Waals surface area contributed by atoms with Gasteiger partial charge in [0.25, 0.3) is 5.91 Å². The van der Waals surface area contributed by atoms with Crippen LogP contribution in [0.3, 0.4) is 0 Å². The van der Waals surface area contributed by atoms with Gasteiger partial charge in [0, 0.05) is 16.6 Å². The van der Waals surface area contributed by atoms with Gasteiger partial charge in [-0.05, 0) is 36.8 Å². The molecular weight excluding hydrogens is 307 g/mol. The van der Waals surface area contributed by atoms with E-state index in [0.29, 0.717) is 21.3 Å². The summed E-state index contributed by atoms with van der Waals surface area (Å²) in [5.74, 6) is -0.232. The molecule has 1 heterocycles. The van der Waals surface area contributed by atoms with Gasteiger partial charge in [0.15, 0.2) is 0 Å². The highest BCUT2D eigenvalue weighted by Gasteiger charge is 2.13. The first-order valence-electron chi connectivity index (χ1n) is 6.39. The number of fused-ring (bicyclic) bond motifs is 1. The Balaban J connectivity index is 1.97. The fourth-order valence-electron chi connectivity index (χ4n) is 2.21. The maximum atomic E-state index is 12.4. The molecule has 0 atom stereocenters. The van der Waals surface area contributed by atoms with Gasteiger partial charge in [-0.2, -0.15) is 0 Å². The third-order valence-electron chi connectivity index (χ3n) is 3.33. The molecule has 3 nitrogen and oxygen atoms in total. The molecule has 0 aliphatic carbocycles. The van der Waals surface area contributed by atoms with E-state index in [9.17, 15) is 4.79 Å². The number of carbonyl (C=O) groups excluding carboxylic acids is 1. The quantitative estimate of drug-likeness (QED) is 0.683. The van der Waals surface area contributed by atoms with Gasteiger partial charge in [-0.3, -0.25) is 4.79 Å². The fourth-order valence-corrected chi connectivity index (χ4v) is 2.63. The lowest BCUT2D eigenvalue weighted by Gasteiger charge is -2.10. The number of benzene rings is 2. The molecule has 0 spiro atoms. The molecule has 1 amide bonds. The van der Waals surface area contributed by atoms with Crippen molar-refractivity contribution in [2.75, 3.05) is 5.32 Å². The van der Waals surface area contributed by atoms with E-state index in [0.717, 1.165) is 16.5 Å². The maximum Gasteiger partial charge on any atom is 0.257 e. The Kier molecular flexibility index (Phi) is 3.62. The highest BCUT2D eigenvalue weighted by Crippen LogP contribution is 2.29. The summed E-state index contributed by atoms with van der Waals surface area (Å²) in [5, 5.41) is 4.81. The molecule has 0 aliphatic rings. The number of para-hydroxylation sites is 1. The Morgan fingerprint density at radius 2 is 1.95 bits per heavy atom. The number of aromatic nitrogens is 1. The summed E-state index contributed by atoms with van der Waals surface area (Å²) in [6.45, 7) is 1.86. The van der Waals surface area contributed by atoms with Gasteiger partial charge in [-0.25, -0.2) is 0 Å². The van der Waals surface area contributed by atoms with Crippen molar-refractivity contribution in [1.29, 1.82) is 0 Å². The van der Waals surface area contributed by atoms with Crippen molar-refractivity contribution in [3.05, 3.63) is 63.8 Å². The molecule has 106 valence electrons. The van der Waals surface area contributed by atoms with E-state index in [2.05, 4.69) is 10.3 Å². The number of rotatable bonds is 2. The van der Waals surface area contributed by atoms with Crippen molar-refractivity contribution in [3.63, 3.8) is 0 Å². The standard InChI is InChI=1S/C16H12Cl2N2O/c1-9-7-13(18)14(8-12(9)17)20-16(21)11-4-2-3-10-5-6-19-15(10)11/h2-8,19H,1H3,(H,20,21). The van der Waals surface area contributed by atoms with Crippen LogP contribution in [-0.2, 0) is 0 Å². The summed E-state index contributed by atoms with van der Waals surface area (Å²) in [4.78, 5) is 15.5. The van der Waals surface area contributed by atoms with Gasteiger partial charge >= 0.3 is 0 Å². The largest absolute Gasteiger partial charge is 0.361 e. The predicted molar refractivity (Wildman–Crippen MR) is 87.5 cm³/mol. The number of aromatic amines is 1. The number of hydrogen-bond donors (Lipinski definition) is 2. The normalized spacial score (nSPS) is 10.8. The molecule has 0 unspecified atom stereocenters. The molecule has 5 heteroatoms. The second-order valence-electron chi connectivity index (χ2n) is 4.78. The first kappa shape index (κ1) is 14.0. The van der Waals surface area contributed by atoms with E-state index in [1.165, 1.54) is 0 Å². The molecule has 0 saturated carbocycles. The number of anilines is 1. The van der Waals surface area contributed by atoms with Crippen LogP contribution in [0.4, 0.5) is 5.69 Å². The molecular formula is C16H12Cl2N2O. The van der Waals surface area contributed by atoms with Crippen molar-refractivity contribution in [2.45, 2.75) is 6.92 Å². The fraction of sp³-hybridized carbons (Fsp3) is 0.0625. The Morgan fingerprint density at radius 1 is 1.14 bits per heavy atom. The molecule has 0 fully saturated rings. The van der Waals surface area contributed by atoms with E-state index >= 15 is 0 Å². The average Bonchev–Trinajstić information content (AvgIpc) is 2.92. The molecule has 3 rings (SSSR count). The van der Waals surface area contributed by atoms with Crippen LogP contribution in [0.15, 0.2) is 42.6 Å². The summed E-state index contributed by atoms with van der Waals surface area (Å²) >= 11 is 12.2. The van der Waals surface area contributed by atoms with E-state index in [4.69, 9.17) is 23.2 Å². The second kappa shape index (κ2) is 5.43. The molecule has 0 saturated heterocycles. The van der Waals surface area contributed by atoms with Crippen LogP contribution in [0.1, 0.15) is 15.9 Å². The first-order chi connectivity index (χ1) is 10.1. The molecule has 0 aliphatic heterocycles. The van der Waals surface area contributed by atoms with Crippen LogP contribution in [0.2, 0.25) is 10.0 Å². The van der Waals surface area contributed by atoms with Gasteiger partial charge in [-0.15, -0.1) is 0 Å². The van der Waals surface area contributed by atoms with Crippen LogP contribution in [0, 0.1) is 6.92 Å². The molecule has 1 aromatic heterocycles. The molecule has 0 radical (unpaired) electrons. The monoisotopic (exact) mass is 318 g/mol. The number of aryl methyl sites for hydroxylation is 1. The lowest BCUT2D eigenvalue weighted by atomic mass is 10.1. The second-order valence-corrected chi connectivity index (χ2v) is 5.60. The van der Waals surface area contributed by atoms with Crippen molar-refractivity contribution >= 4 is 45.7 Å². The molecule has 2 aromatic carbocycles. The van der Waals surface area contributed by atoms with Gasteiger partial charge in [-0.1, -0.05) is 35.3 Å². The number of H-pyrrole nitrogens is 1. The van der Waals surface area contributed by atoms with Crippen molar-refractivity contribution < 1.29 is 4.79 Å². The Morgan fingerprint density at radius 3 is 2.76 bits per heavy atom. The number of halogens is 2. The lowest BCUT2D eigenvalue weighted by Crippen LogP contribution is -2.12. The SMILES string of the molecule is Cc1cc(Cl)c(NC(=O)c2cccc3cc[nH]c23)cc1Cl. The molecule has 21 heavy (non-hydrogen) atoms. The van der Waals surface area contributed by atoms with E-state index in [-0.39, 0.29) is 5.91 Å². The van der Waals surface area contributed by atoms with Crippen LogP contribution in [-0.4, -0.2) is 10.9 Å². The lowest BCUT2D eigenvalue weighted by molar-refractivity contribution is 0.102. The summed E-state index contributed by atoms with van der Waals surface area (Å²) in [5.41, 5.74) is 2.72. The Labute approximate surface area is 131 Å². The van der Waals surface area contributed by atoms with Gasteiger partial charge in [0.2, 0.25) is 0 Å². The van der Waals surface area contributed by atoms with Crippen LogP contribution < -0.4 is 5.32 Å². The highest BCUT2D eigenvalue weighted by molar-refractivity contribution is 6.36. The molecule has 2 N–H and O–H groups in total. The zero-order valence-electron chi connectivity index (χ0n) is 11.2. The minimum atomic E-state index is -0.232. The predicted octanol–water partition coefficient (Wildman–Crippen LogP) is 5.04. The summed E-state index contributed by atoms with van der Waals surface area (Å²) in [6, 6.07) is 10.9. The maximum absolute atomic E-state index is 12.4. The van der Waals surface area contributed by atoms with Crippen LogP contribution >= 0.6 is 23.2 Å². The number of nitrogens with one attached hydrogen (secondary N) is 2. The van der Waals surface area contributed by atoms with Gasteiger partial charge in [0.1, 0.15) is 0 Å². The van der Waals surface area contributed by atoms with Crippen molar-refractivity contribution in [2.24, 2.45) is 0 Å². The van der Waals surface area contributed by atoms with E-state index in [1.807, 2.05) is 25.1 Å². The molecule has 0 bridgehead atoms. The first-order valence-corrected chi connectivity index (χ1v) is 7.15. The third kappa shape index (κ3) is 2.62. The van der Waals surface area contributed by atoms with Crippen LogP contribution in [0.5, 0.6) is 0 Å². The number of carbonyl (C=O) groups is 1. The summed E-state index contributed by atoms with van der Waals surface area (Å²) in [7, 11) is 0.